The quantitative estimate of drug-likeness (QED) is 0.819. The highest BCUT2D eigenvalue weighted by molar-refractivity contribution is 5.77. The maximum absolute atomic E-state index is 12.3. The normalized spacial score (nSPS) is 30.8. The first-order valence-electron chi connectivity index (χ1n) is 7.20. The molecule has 1 saturated carbocycles. The molecule has 0 spiro atoms. The van der Waals surface area contributed by atoms with Crippen molar-refractivity contribution in [1.82, 2.24) is 4.90 Å². The zero-order valence-electron chi connectivity index (χ0n) is 11.0. The minimum Gasteiger partial charge on any atom is -0.338 e. The lowest BCUT2D eigenvalue weighted by molar-refractivity contribution is -0.136. The summed E-state index contributed by atoms with van der Waals surface area (Å²) in [5, 5.41) is 0. The molecule has 3 nitrogen and oxygen atoms in total. The van der Waals surface area contributed by atoms with Crippen molar-refractivity contribution in [3.05, 3.63) is 0 Å². The van der Waals surface area contributed by atoms with E-state index in [9.17, 15) is 4.79 Å². The van der Waals surface area contributed by atoms with E-state index in [1.54, 1.807) is 0 Å². The standard InChI is InChI=1S/C14H26N2O/c1-11-6-7-16(13(8-11)10-15)14(17)9-12-4-2-3-5-12/h11-13H,2-10,15H2,1H3. The van der Waals surface area contributed by atoms with E-state index in [4.69, 9.17) is 5.73 Å². The van der Waals surface area contributed by atoms with Crippen LogP contribution in [0.5, 0.6) is 0 Å². The molecule has 0 radical (unpaired) electrons. The molecule has 2 atom stereocenters. The first kappa shape index (κ1) is 12.9. The Kier molecular flexibility index (Phi) is 4.43. The summed E-state index contributed by atoms with van der Waals surface area (Å²) < 4.78 is 0. The van der Waals surface area contributed by atoms with E-state index in [0.29, 0.717) is 24.4 Å². The molecule has 0 aromatic rings. The van der Waals surface area contributed by atoms with Crippen molar-refractivity contribution in [2.45, 2.75) is 57.9 Å². The molecule has 1 heterocycles. The number of hydrogen-bond donors (Lipinski definition) is 1. The number of carbonyl (C=O) groups is 1. The van der Waals surface area contributed by atoms with Gasteiger partial charge in [0.05, 0.1) is 0 Å². The minimum absolute atomic E-state index is 0.299. The van der Waals surface area contributed by atoms with Crippen molar-refractivity contribution in [2.75, 3.05) is 13.1 Å². The van der Waals surface area contributed by atoms with Gasteiger partial charge in [0.2, 0.25) is 5.91 Å². The van der Waals surface area contributed by atoms with Crippen LogP contribution in [0.3, 0.4) is 0 Å². The molecule has 1 amide bonds. The predicted octanol–water partition coefficient (Wildman–Crippen LogP) is 2.15. The van der Waals surface area contributed by atoms with E-state index >= 15 is 0 Å². The van der Waals surface area contributed by atoms with Crippen LogP contribution in [0.1, 0.15) is 51.9 Å². The van der Waals surface area contributed by atoms with Crippen molar-refractivity contribution >= 4 is 5.91 Å². The van der Waals surface area contributed by atoms with Crippen molar-refractivity contribution in [3.8, 4) is 0 Å². The Balaban J connectivity index is 1.88. The van der Waals surface area contributed by atoms with Crippen molar-refractivity contribution in [1.29, 1.82) is 0 Å². The number of nitrogens with zero attached hydrogens (tertiary/aromatic N) is 1. The number of likely N-dealkylation sites (tertiary alicyclic amines) is 1. The zero-order chi connectivity index (χ0) is 12.3. The van der Waals surface area contributed by atoms with E-state index in [1.807, 2.05) is 0 Å². The molecule has 1 saturated heterocycles. The Morgan fingerprint density at radius 2 is 2.00 bits per heavy atom. The Labute approximate surface area is 105 Å². The van der Waals surface area contributed by atoms with Gasteiger partial charge in [0, 0.05) is 25.6 Å². The molecule has 2 aliphatic rings. The summed E-state index contributed by atoms with van der Waals surface area (Å²) in [6, 6.07) is 0.299. The number of carbonyl (C=O) groups excluding carboxylic acids is 1. The second-order valence-corrected chi connectivity index (χ2v) is 5.96. The molecular formula is C14H26N2O. The van der Waals surface area contributed by atoms with Crippen LogP contribution in [-0.4, -0.2) is 29.9 Å². The minimum atomic E-state index is 0.299. The summed E-state index contributed by atoms with van der Waals surface area (Å²) in [4.78, 5) is 14.4. The fourth-order valence-electron chi connectivity index (χ4n) is 3.38. The van der Waals surface area contributed by atoms with Gasteiger partial charge in [0.15, 0.2) is 0 Å². The summed E-state index contributed by atoms with van der Waals surface area (Å²) in [5.74, 6) is 1.73. The van der Waals surface area contributed by atoms with E-state index in [0.717, 1.165) is 31.7 Å². The molecule has 0 bridgehead atoms. The van der Waals surface area contributed by atoms with Crippen LogP contribution in [0.4, 0.5) is 0 Å². The van der Waals surface area contributed by atoms with Gasteiger partial charge in [-0.05, 0) is 37.5 Å². The third-order valence-corrected chi connectivity index (χ3v) is 4.51. The molecule has 0 aromatic heterocycles. The molecule has 3 heteroatoms. The van der Waals surface area contributed by atoms with Crippen LogP contribution < -0.4 is 5.73 Å². The second-order valence-electron chi connectivity index (χ2n) is 5.96. The van der Waals surface area contributed by atoms with Gasteiger partial charge >= 0.3 is 0 Å². The molecule has 17 heavy (non-hydrogen) atoms. The molecule has 1 aliphatic carbocycles. The van der Waals surface area contributed by atoms with Crippen molar-refractivity contribution in [2.24, 2.45) is 17.6 Å². The SMILES string of the molecule is CC1CCN(C(=O)CC2CCCC2)C(CN)C1. The van der Waals surface area contributed by atoms with Gasteiger partial charge in [0.25, 0.3) is 0 Å². The molecule has 1 aliphatic heterocycles. The number of amides is 1. The number of nitrogens with two attached hydrogens (primary N) is 1. The highest BCUT2D eigenvalue weighted by Gasteiger charge is 2.30. The second kappa shape index (κ2) is 5.85. The number of piperidine rings is 1. The van der Waals surface area contributed by atoms with Crippen LogP contribution in [-0.2, 0) is 4.79 Å². The molecule has 2 fully saturated rings. The van der Waals surface area contributed by atoms with E-state index in [2.05, 4.69) is 11.8 Å². The largest absolute Gasteiger partial charge is 0.338 e. The molecular weight excluding hydrogens is 212 g/mol. The molecule has 2 rings (SSSR count). The maximum atomic E-state index is 12.3. The van der Waals surface area contributed by atoms with Gasteiger partial charge in [-0.1, -0.05) is 19.8 Å². The van der Waals surface area contributed by atoms with E-state index in [-0.39, 0.29) is 0 Å². The third kappa shape index (κ3) is 3.21. The van der Waals surface area contributed by atoms with Crippen LogP contribution in [0.15, 0.2) is 0 Å². The maximum Gasteiger partial charge on any atom is 0.223 e. The Morgan fingerprint density at radius 3 is 2.65 bits per heavy atom. The lowest BCUT2D eigenvalue weighted by atomic mass is 9.91. The van der Waals surface area contributed by atoms with E-state index in [1.165, 1.54) is 25.7 Å². The first-order valence-corrected chi connectivity index (χ1v) is 7.20. The van der Waals surface area contributed by atoms with Crippen LogP contribution in [0.25, 0.3) is 0 Å². The highest BCUT2D eigenvalue weighted by atomic mass is 16.2. The van der Waals surface area contributed by atoms with Crippen molar-refractivity contribution < 1.29 is 4.79 Å². The lowest BCUT2D eigenvalue weighted by Crippen LogP contribution is -2.49. The van der Waals surface area contributed by atoms with E-state index < -0.39 is 0 Å². The summed E-state index contributed by atoms with van der Waals surface area (Å²) >= 11 is 0. The van der Waals surface area contributed by atoms with Crippen LogP contribution in [0.2, 0.25) is 0 Å². The molecule has 2 N–H and O–H groups in total. The first-order chi connectivity index (χ1) is 8.20. The highest BCUT2D eigenvalue weighted by Crippen LogP contribution is 2.30. The van der Waals surface area contributed by atoms with Gasteiger partial charge in [0.1, 0.15) is 0 Å². The van der Waals surface area contributed by atoms with Crippen LogP contribution >= 0.6 is 0 Å². The van der Waals surface area contributed by atoms with Gasteiger partial charge < -0.3 is 10.6 Å². The Bertz CT molecular complexity index is 261. The van der Waals surface area contributed by atoms with Crippen LogP contribution in [0, 0.1) is 11.8 Å². The average molecular weight is 238 g/mol. The van der Waals surface area contributed by atoms with Crippen molar-refractivity contribution in [3.63, 3.8) is 0 Å². The van der Waals surface area contributed by atoms with Gasteiger partial charge in [-0.3, -0.25) is 4.79 Å². The average Bonchev–Trinajstić information content (AvgIpc) is 2.81. The fraction of sp³-hybridized carbons (Fsp3) is 0.929. The fourth-order valence-corrected chi connectivity index (χ4v) is 3.38. The molecule has 2 unspecified atom stereocenters. The van der Waals surface area contributed by atoms with Gasteiger partial charge in [-0.2, -0.15) is 0 Å². The summed E-state index contributed by atoms with van der Waals surface area (Å²) in [6.07, 6.45) is 8.14. The monoisotopic (exact) mass is 238 g/mol. The summed E-state index contributed by atoms with van der Waals surface area (Å²) in [7, 11) is 0. The lowest BCUT2D eigenvalue weighted by Gasteiger charge is -2.38. The molecule has 0 aromatic carbocycles. The number of rotatable bonds is 3. The van der Waals surface area contributed by atoms with Gasteiger partial charge in [-0.15, -0.1) is 0 Å². The Hall–Kier alpha value is -0.570. The third-order valence-electron chi connectivity index (χ3n) is 4.51. The topological polar surface area (TPSA) is 46.3 Å². The summed E-state index contributed by atoms with van der Waals surface area (Å²) in [6.45, 7) is 3.82. The molecule has 98 valence electrons. The summed E-state index contributed by atoms with van der Waals surface area (Å²) in [5.41, 5.74) is 5.81. The predicted molar refractivity (Wildman–Crippen MR) is 69.5 cm³/mol. The van der Waals surface area contributed by atoms with Gasteiger partial charge in [-0.25, -0.2) is 0 Å². The smallest absolute Gasteiger partial charge is 0.223 e. The Morgan fingerprint density at radius 1 is 1.29 bits per heavy atom. The number of hydrogen-bond acceptors (Lipinski definition) is 2. The zero-order valence-corrected chi connectivity index (χ0v) is 11.0.